The molecule has 3 rings (SSSR count). The molecule has 2 heterocycles. The number of nitrogens with zero attached hydrogens (tertiary/aromatic N) is 1. The average molecular weight is 365 g/mol. The van der Waals surface area contributed by atoms with Crippen molar-refractivity contribution in [2.45, 2.75) is 51.9 Å². The molecule has 0 spiro atoms. The van der Waals surface area contributed by atoms with Crippen LogP contribution in [0.4, 0.5) is 0 Å². The number of halogens is 1. The zero-order valence-corrected chi connectivity index (χ0v) is 16.3. The highest BCUT2D eigenvalue weighted by Crippen LogP contribution is 2.24. The highest BCUT2D eigenvalue weighted by Gasteiger charge is 2.25. The minimum absolute atomic E-state index is 0. The van der Waals surface area contributed by atoms with Crippen molar-refractivity contribution in [3.63, 3.8) is 0 Å². The van der Waals surface area contributed by atoms with Gasteiger partial charge in [-0.3, -0.25) is 4.79 Å². The van der Waals surface area contributed by atoms with Crippen LogP contribution in [0, 0.1) is 18.8 Å². The topological polar surface area (TPSA) is 32.3 Å². The maximum absolute atomic E-state index is 12.5. The van der Waals surface area contributed by atoms with Gasteiger partial charge in [-0.1, -0.05) is 29.8 Å². The fraction of sp³-hybridized carbons (Fsp3) is 0.667. The van der Waals surface area contributed by atoms with Crippen molar-refractivity contribution in [1.29, 1.82) is 0 Å². The third-order valence-corrected chi connectivity index (χ3v) is 5.85. The summed E-state index contributed by atoms with van der Waals surface area (Å²) < 4.78 is 0. The van der Waals surface area contributed by atoms with E-state index >= 15 is 0 Å². The molecule has 0 radical (unpaired) electrons. The van der Waals surface area contributed by atoms with E-state index in [1.807, 2.05) is 0 Å². The molecule has 0 atom stereocenters. The summed E-state index contributed by atoms with van der Waals surface area (Å²) in [6.07, 6.45) is 7.91. The van der Waals surface area contributed by atoms with Crippen LogP contribution >= 0.6 is 12.4 Å². The van der Waals surface area contributed by atoms with E-state index in [1.54, 1.807) is 0 Å². The Hall–Kier alpha value is -1.06. The van der Waals surface area contributed by atoms with Crippen LogP contribution in [0.3, 0.4) is 0 Å². The molecular weight excluding hydrogens is 332 g/mol. The second kappa shape index (κ2) is 10.2. The van der Waals surface area contributed by atoms with Gasteiger partial charge < -0.3 is 10.2 Å². The lowest BCUT2D eigenvalue weighted by atomic mass is 9.89. The predicted octanol–water partition coefficient (Wildman–Crippen LogP) is 3.98. The van der Waals surface area contributed by atoms with Crippen molar-refractivity contribution in [3.8, 4) is 0 Å². The molecule has 1 N–H and O–H groups in total. The van der Waals surface area contributed by atoms with Gasteiger partial charge >= 0.3 is 0 Å². The Morgan fingerprint density at radius 3 is 2.32 bits per heavy atom. The Bertz CT molecular complexity index is 517. The van der Waals surface area contributed by atoms with E-state index in [1.165, 1.54) is 49.7 Å². The summed E-state index contributed by atoms with van der Waals surface area (Å²) in [6, 6.07) is 8.93. The molecule has 0 bridgehead atoms. The molecule has 0 unspecified atom stereocenters. The molecule has 2 aliphatic heterocycles. The fourth-order valence-corrected chi connectivity index (χ4v) is 4.06. The van der Waals surface area contributed by atoms with E-state index in [9.17, 15) is 4.79 Å². The van der Waals surface area contributed by atoms with E-state index < -0.39 is 0 Å². The number of likely N-dealkylation sites (tertiary alicyclic amines) is 1. The van der Waals surface area contributed by atoms with Crippen molar-refractivity contribution in [1.82, 2.24) is 10.2 Å². The molecule has 0 aliphatic carbocycles. The van der Waals surface area contributed by atoms with Gasteiger partial charge in [-0.15, -0.1) is 12.4 Å². The van der Waals surface area contributed by atoms with Gasteiger partial charge in [0.25, 0.3) is 0 Å². The van der Waals surface area contributed by atoms with Crippen molar-refractivity contribution in [3.05, 3.63) is 35.4 Å². The van der Waals surface area contributed by atoms with E-state index in [-0.39, 0.29) is 12.4 Å². The van der Waals surface area contributed by atoms with Gasteiger partial charge in [0.05, 0.1) is 0 Å². The SMILES string of the molecule is Cc1ccc(CCC2CCN(C(=O)CC3CCNCC3)CC2)cc1.Cl. The number of benzene rings is 1. The summed E-state index contributed by atoms with van der Waals surface area (Å²) in [7, 11) is 0. The van der Waals surface area contributed by atoms with Crippen LogP contribution in [0.25, 0.3) is 0 Å². The minimum atomic E-state index is 0. The maximum Gasteiger partial charge on any atom is 0.222 e. The molecule has 1 amide bonds. The number of carbonyl (C=O) groups excluding carboxylic acids is 1. The van der Waals surface area contributed by atoms with Crippen LogP contribution < -0.4 is 5.32 Å². The zero-order chi connectivity index (χ0) is 16.8. The van der Waals surface area contributed by atoms with Crippen molar-refractivity contribution in [2.75, 3.05) is 26.2 Å². The Labute approximate surface area is 159 Å². The van der Waals surface area contributed by atoms with E-state index in [4.69, 9.17) is 0 Å². The van der Waals surface area contributed by atoms with Crippen LogP contribution in [0.1, 0.15) is 49.7 Å². The summed E-state index contributed by atoms with van der Waals surface area (Å²) in [5.41, 5.74) is 2.78. The first-order chi connectivity index (χ1) is 11.7. The fourth-order valence-electron chi connectivity index (χ4n) is 4.06. The van der Waals surface area contributed by atoms with Crippen LogP contribution in [-0.2, 0) is 11.2 Å². The number of nitrogens with one attached hydrogen (secondary N) is 1. The number of piperidine rings is 2. The normalized spacial score (nSPS) is 19.5. The number of rotatable bonds is 5. The Balaban J connectivity index is 0.00000225. The predicted molar refractivity (Wildman–Crippen MR) is 106 cm³/mol. The van der Waals surface area contributed by atoms with Gasteiger partial charge in [-0.25, -0.2) is 0 Å². The van der Waals surface area contributed by atoms with Gasteiger partial charge in [0.2, 0.25) is 5.91 Å². The average Bonchev–Trinajstić information content (AvgIpc) is 2.62. The number of hydrogen-bond acceptors (Lipinski definition) is 2. The van der Waals surface area contributed by atoms with Crippen LogP contribution in [0.15, 0.2) is 24.3 Å². The molecule has 3 nitrogen and oxygen atoms in total. The van der Waals surface area contributed by atoms with Crippen LogP contribution in [0.2, 0.25) is 0 Å². The lowest BCUT2D eigenvalue weighted by molar-refractivity contribution is -0.133. The Kier molecular flexibility index (Phi) is 8.25. The molecular formula is C21H33ClN2O. The molecule has 0 saturated carbocycles. The molecule has 1 aromatic rings. The lowest BCUT2D eigenvalue weighted by Crippen LogP contribution is -2.40. The van der Waals surface area contributed by atoms with E-state index in [0.717, 1.165) is 38.5 Å². The van der Waals surface area contributed by atoms with Crippen molar-refractivity contribution < 1.29 is 4.79 Å². The molecule has 140 valence electrons. The monoisotopic (exact) mass is 364 g/mol. The zero-order valence-electron chi connectivity index (χ0n) is 15.5. The molecule has 1 aromatic carbocycles. The minimum Gasteiger partial charge on any atom is -0.343 e. The summed E-state index contributed by atoms with van der Waals surface area (Å²) >= 11 is 0. The lowest BCUT2D eigenvalue weighted by Gasteiger charge is -2.33. The summed E-state index contributed by atoms with van der Waals surface area (Å²) in [5.74, 6) is 1.80. The number of aryl methyl sites for hydroxylation is 2. The molecule has 4 heteroatoms. The van der Waals surface area contributed by atoms with Gasteiger partial charge in [0.1, 0.15) is 0 Å². The third kappa shape index (κ3) is 6.31. The largest absolute Gasteiger partial charge is 0.343 e. The number of hydrogen-bond donors (Lipinski definition) is 1. The van der Waals surface area contributed by atoms with Crippen molar-refractivity contribution >= 4 is 18.3 Å². The first-order valence-corrected chi connectivity index (χ1v) is 9.75. The van der Waals surface area contributed by atoms with E-state index in [0.29, 0.717) is 11.8 Å². The standard InChI is InChI=1S/C21H32N2O.ClH/c1-17-2-4-18(5-3-17)6-7-19-10-14-23(15-11-19)21(24)16-20-8-12-22-13-9-20;/h2-5,19-20,22H,6-16H2,1H3;1H. The second-order valence-corrected chi connectivity index (χ2v) is 7.75. The highest BCUT2D eigenvalue weighted by molar-refractivity contribution is 5.85. The maximum atomic E-state index is 12.5. The van der Waals surface area contributed by atoms with Gasteiger partial charge in [0.15, 0.2) is 0 Å². The van der Waals surface area contributed by atoms with Crippen molar-refractivity contribution in [2.24, 2.45) is 11.8 Å². The molecule has 0 aromatic heterocycles. The molecule has 2 aliphatic rings. The van der Waals surface area contributed by atoms with Gasteiger partial charge in [0, 0.05) is 19.5 Å². The Morgan fingerprint density at radius 2 is 1.68 bits per heavy atom. The molecule has 2 fully saturated rings. The third-order valence-electron chi connectivity index (χ3n) is 5.85. The second-order valence-electron chi connectivity index (χ2n) is 7.75. The highest BCUT2D eigenvalue weighted by atomic mass is 35.5. The first-order valence-electron chi connectivity index (χ1n) is 9.75. The van der Waals surface area contributed by atoms with E-state index in [2.05, 4.69) is 41.4 Å². The Morgan fingerprint density at radius 1 is 1.04 bits per heavy atom. The number of carbonyl (C=O) groups is 1. The summed E-state index contributed by atoms with van der Waals surface area (Å²) in [4.78, 5) is 14.6. The van der Waals surface area contributed by atoms with Crippen LogP contribution in [0.5, 0.6) is 0 Å². The first kappa shape index (κ1) is 20.3. The quantitative estimate of drug-likeness (QED) is 0.857. The van der Waals surface area contributed by atoms with Crippen LogP contribution in [-0.4, -0.2) is 37.0 Å². The van der Waals surface area contributed by atoms with Gasteiger partial charge in [-0.05, 0) is 75.9 Å². The molecule has 25 heavy (non-hydrogen) atoms. The smallest absolute Gasteiger partial charge is 0.222 e. The summed E-state index contributed by atoms with van der Waals surface area (Å²) in [6.45, 7) is 6.25. The van der Waals surface area contributed by atoms with Gasteiger partial charge in [-0.2, -0.15) is 0 Å². The summed E-state index contributed by atoms with van der Waals surface area (Å²) in [5, 5.41) is 3.38. The number of amides is 1. The molecule has 2 saturated heterocycles.